The van der Waals surface area contributed by atoms with E-state index in [4.69, 9.17) is 10.2 Å². The van der Waals surface area contributed by atoms with Crippen molar-refractivity contribution < 1.29 is 4.42 Å². The lowest BCUT2D eigenvalue weighted by Crippen LogP contribution is -2.24. The van der Waals surface area contributed by atoms with Crippen LogP contribution in [0.1, 0.15) is 39.0 Å². The van der Waals surface area contributed by atoms with E-state index in [0.717, 1.165) is 5.92 Å². The maximum atomic E-state index is 5.49. The number of rotatable bonds is 5. The van der Waals surface area contributed by atoms with Crippen molar-refractivity contribution in [3.8, 4) is 0 Å². The molecule has 0 saturated heterocycles. The van der Waals surface area contributed by atoms with Crippen molar-refractivity contribution in [2.75, 3.05) is 11.9 Å². The Labute approximate surface area is 102 Å². The van der Waals surface area contributed by atoms with E-state index in [1.165, 1.54) is 19.3 Å². The molecule has 1 saturated carbocycles. The summed E-state index contributed by atoms with van der Waals surface area (Å²) in [7, 11) is 0. The zero-order chi connectivity index (χ0) is 12.3. The summed E-state index contributed by atoms with van der Waals surface area (Å²) in [5.41, 5.74) is 5.44. The van der Waals surface area contributed by atoms with Crippen molar-refractivity contribution >= 4 is 6.01 Å². The lowest BCUT2D eigenvalue weighted by molar-refractivity contribution is 0.386. The van der Waals surface area contributed by atoms with Crippen LogP contribution in [-0.4, -0.2) is 22.8 Å². The smallest absolute Gasteiger partial charge is 0.315 e. The molecule has 0 bridgehead atoms. The Balaban J connectivity index is 1.92. The molecule has 3 N–H and O–H groups in total. The molecule has 1 heterocycles. The highest BCUT2D eigenvalue weighted by atomic mass is 16.4. The van der Waals surface area contributed by atoms with Crippen LogP contribution in [0.15, 0.2) is 4.42 Å². The Morgan fingerprint density at radius 2 is 2.24 bits per heavy atom. The second-order valence-electron chi connectivity index (χ2n) is 4.90. The van der Waals surface area contributed by atoms with Gasteiger partial charge in [0.15, 0.2) is 0 Å². The van der Waals surface area contributed by atoms with Crippen molar-refractivity contribution in [1.29, 1.82) is 0 Å². The summed E-state index contributed by atoms with van der Waals surface area (Å²) in [6.45, 7) is 5.10. The summed E-state index contributed by atoms with van der Waals surface area (Å²) >= 11 is 0. The molecule has 3 atom stereocenters. The fourth-order valence-electron chi connectivity index (χ4n) is 2.72. The Kier molecular flexibility index (Phi) is 3.99. The van der Waals surface area contributed by atoms with E-state index in [0.29, 0.717) is 36.8 Å². The lowest BCUT2D eigenvalue weighted by Gasteiger charge is -2.19. The van der Waals surface area contributed by atoms with Gasteiger partial charge in [-0.25, -0.2) is 0 Å². The molecule has 0 aromatic carbocycles. The molecule has 1 aromatic heterocycles. The predicted octanol–water partition coefficient (Wildman–Crippen LogP) is 1.81. The summed E-state index contributed by atoms with van der Waals surface area (Å²) in [6.07, 6.45) is 4.38. The Morgan fingerprint density at radius 1 is 1.41 bits per heavy atom. The second kappa shape index (κ2) is 5.49. The van der Waals surface area contributed by atoms with Gasteiger partial charge in [0.2, 0.25) is 5.89 Å². The van der Waals surface area contributed by atoms with Gasteiger partial charge in [-0.2, -0.15) is 0 Å². The molecule has 0 radical (unpaired) electrons. The number of aromatic nitrogens is 2. The van der Waals surface area contributed by atoms with Crippen molar-refractivity contribution in [3.05, 3.63) is 5.89 Å². The van der Waals surface area contributed by atoms with E-state index < -0.39 is 0 Å². The molecule has 2 rings (SSSR count). The molecule has 1 aromatic rings. The topological polar surface area (TPSA) is 77.0 Å². The summed E-state index contributed by atoms with van der Waals surface area (Å²) in [6, 6.07) is 1.01. The monoisotopic (exact) mass is 238 g/mol. The van der Waals surface area contributed by atoms with Gasteiger partial charge in [-0.05, 0) is 24.7 Å². The van der Waals surface area contributed by atoms with Crippen LogP contribution < -0.4 is 11.1 Å². The van der Waals surface area contributed by atoms with E-state index in [2.05, 4.69) is 29.4 Å². The minimum absolute atomic E-state index is 0.464. The summed E-state index contributed by atoms with van der Waals surface area (Å²) in [5, 5.41) is 11.3. The summed E-state index contributed by atoms with van der Waals surface area (Å²) in [4.78, 5) is 0. The van der Waals surface area contributed by atoms with E-state index in [1.54, 1.807) is 0 Å². The normalized spacial score (nSPS) is 28.5. The minimum Gasteiger partial charge on any atom is -0.408 e. The maximum absolute atomic E-state index is 5.49. The molecule has 96 valence electrons. The van der Waals surface area contributed by atoms with E-state index >= 15 is 0 Å². The predicted molar refractivity (Wildman–Crippen MR) is 66.6 cm³/mol. The lowest BCUT2D eigenvalue weighted by atomic mass is 9.94. The van der Waals surface area contributed by atoms with E-state index in [9.17, 15) is 0 Å². The van der Waals surface area contributed by atoms with Crippen molar-refractivity contribution in [1.82, 2.24) is 10.2 Å². The van der Waals surface area contributed by atoms with Crippen LogP contribution in [0.25, 0.3) is 0 Å². The largest absolute Gasteiger partial charge is 0.408 e. The molecule has 5 nitrogen and oxygen atoms in total. The zero-order valence-electron chi connectivity index (χ0n) is 10.6. The Morgan fingerprint density at radius 3 is 2.88 bits per heavy atom. The second-order valence-corrected chi connectivity index (χ2v) is 4.90. The summed E-state index contributed by atoms with van der Waals surface area (Å²) in [5.74, 6) is 2.11. The third kappa shape index (κ3) is 2.77. The van der Waals surface area contributed by atoms with Crippen molar-refractivity contribution in [3.63, 3.8) is 0 Å². The van der Waals surface area contributed by atoms with Gasteiger partial charge in [0, 0.05) is 19.0 Å². The first kappa shape index (κ1) is 12.4. The number of nitrogens with zero attached hydrogens (tertiary/aromatic N) is 2. The number of nitrogens with one attached hydrogen (secondary N) is 1. The van der Waals surface area contributed by atoms with Crippen LogP contribution in [0.5, 0.6) is 0 Å². The van der Waals surface area contributed by atoms with Crippen LogP contribution in [0.4, 0.5) is 6.01 Å². The number of nitrogens with two attached hydrogens (primary N) is 1. The van der Waals surface area contributed by atoms with Crippen molar-refractivity contribution in [2.24, 2.45) is 17.6 Å². The average molecular weight is 238 g/mol. The molecule has 1 aliphatic carbocycles. The first-order chi connectivity index (χ1) is 8.24. The standard InChI is InChI=1S/C12H22N4O/c1-3-9-4-5-10(8(9)2)14-12-16-15-11(17-12)6-7-13/h8-10H,3-7,13H2,1-2H3,(H,14,16). The van der Waals surface area contributed by atoms with Gasteiger partial charge < -0.3 is 15.5 Å². The Bertz CT molecular complexity index is 352. The van der Waals surface area contributed by atoms with Crippen LogP contribution in [0.3, 0.4) is 0 Å². The fraction of sp³-hybridized carbons (Fsp3) is 0.833. The number of hydrogen-bond acceptors (Lipinski definition) is 5. The van der Waals surface area contributed by atoms with Gasteiger partial charge in [-0.1, -0.05) is 25.4 Å². The van der Waals surface area contributed by atoms with Crippen LogP contribution in [-0.2, 0) is 6.42 Å². The molecule has 1 fully saturated rings. The van der Waals surface area contributed by atoms with Gasteiger partial charge in [0.05, 0.1) is 0 Å². The number of hydrogen-bond donors (Lipinski definition) is 2. The first-order valence-electron chi connectivity index (χ1n) is 6.53. The SMILES string of the molecule is CCC1CCC(Nc2nnc(CCN)o2)C1C. The highest BCUT2D eigenvalue weighted by Crippen LogP contribution is 2.35. The third-order valence-corrected chi connectivity index (χ3v) is 3.89. The molecule has 17 heavy (non-hydrogen) atoms. The molecule has 0 spiro atoms. The van der Waals surface area contributed by atoms with Crippen LogP contribution in [0, 0.1) is 11.8 Å². The van der Waals surface area contributed by atoms with E-state index in [-0.39, 0.29) is 0 Å². The average Bonchev–Trinajstić information content (AvgIpc) is 2.89. The molecule has 1 aliphatic rings. The Hall–Kier alpha value is -1.10. The van der Waals surface area contributed by atoms with Gasteiger partial charge in [0.25, 0.3) is 0 Å². The summed E-state index contributed by atoms with van der Waals surface area (Å²) < 4.78 is 5.49. The van der Waals surface area contributed by atoms with Gasteiger partial charge in [-0.15, -0.1) is 5.10 Å². The molecular weight excluding hydrogens is 216 g/mol. The van der Waals surface area contributed by atoms with Gasteiger partial charge in [0.1, 0.15) is 0 Å². The minimum atomic E-state index is 0.464. The van der Waals surface area contributed by atoms with Gasteiger partial charge in [-0.3, -0.25) is 0 Å². The third-order valence-electron chi connectivity index (χ3n) is 3.89. The van der Waals surface area contributed by atoms with Crippen LogP contribution in [0.2, 0.25) is 0 Å². The molecule has 0 aliphatic heterocycles. The molecular formula is C12H22N4O. The quantitative estimate of drug-likeness (QED) is 0.818. The highest BCUT2D eigenvalue weighted by molar-refractivity contribution is 5.21. The van der Waals surface area contributed by atoms with Gasteiger partial charge >= 0.3 is 6.01 Å². The fourth-order valence-corrected chi connectivity index (χ4v) is 2.72. The zero-order valence-corrected chi connectivity index (χ0v) is 10.6. The molecule has 0 amide bonds. The highest BCUT2D eigenvalue weighted by Gasteiger charge is 2.32. The van der Waals surface area contributed by atoms with E-state index in [1.807, 2.05) is 0 Å². The van der Waals surface area contributed by atoms with Crippen LogP contribution >= 0.6 is 0 Å². The molecule has 5 heteroatoms. The molecule has 3 unspecified atom stereocenters. The maximum Gasteiger partial charge on any atom is 0.315 e. The first-order valence-corrected chi connectivity index (χ1v) is 6.53. The number of anilines is 1. The van der Waals surface area contributed by atoms with Crippen molar-refractivity contribution in [2.45, 2.75) is 45.6 Å².